The highest BCUT2D eigenvalue weighted by atomic mass is 16.5. The van der Waals surface area contributed by atoms with Gasteiger partial charge in [0.1, 0.15) is 0 Å². The van der Waals surface area contributed by atoms with E-state index in [-0.39, 0.29) is 6.61 Å². The van der Waals surface area contributed by atoms with E-state index in [1.165, 1.54) is 32.1 Å². The van der Waals surface area contributed by atoms with E-state index in [9.17, 15) is 0 Å². The minimum Gasteiger partial charge on any atom is -0.396 e. The van der Waals surface area contributed by atoms with Crippen molar-refractivity contribution in [3.05, 3.63) is 0 Å². The van der Waals surface area contributed by atoms with Crippen molar-refractivity contribution in [1.29, 1.82) is 0 Å². The highest BCUT2D eigenvalue weighted by Crippen LogP contribution is 2.02. The third-order valence-electron chi connectivity index (χ3n) is 1.84. The molecule has 0 unspecified atom stereocenters. The van der Waals surface area contributed by atoms with Gasteiger partial charge in [0, 0.05) is 19.8 Å². The number of aliphatic hydroxyl groups is 1. The Kier molecular flexibility index (Phi) is 10.8. The molecule has 0 radical (unpaired) electrons. The molecule has 0 atom stereocenters. The summed E-state index contributed by atoms with van der Waals surface area (Å²) in [6.45, 7) is 4.04. The number of ether oxygens (including phenoxy) is 1. The van der Waals surface area contributed by atoms with Gasteiger partial charge in [-0.25, -0.2) is 0 Å². The fraction of sp³-hybridized carbons (Fsp3) is 1.00. The standard InChI is InChI=1S/C10H22O2/c1-2-3-4-5-6-9-12-10-7-8-11/h11H,2-10H2,1H3. The van der Waals surface area contributed by atoms with E-state index in [0.717, 1.165) is 13.0 Å². The van der Waals surface area contributed by atoms with Crippen LogP contribution in [0.15, 0.2) is 0 Å². The van der Waals surface area contributed by atoms with E-state index in [1.807, 2.05) is 0 Å². The lowest BCUT2D eigenvalue weighted by Gasteiger charge is -2.02. The van der Waals surface area contributed by atoms with Gasteiger partial charge in [0.15, 0.2) is 0 Å². The van der Waals surface area contributed by atoms with E-state index >= 15 is 0 Å². The monoisotopic (exact) mass is 174 g/mol. The second-order valence-electron chi connectivity index (χ2n) is 3.10. The lowest BCUT2D eigenvalue weighted by atomic mass is 10.2. The zero-order valence-corrected chi connectivity index (χ0v) is 8.22. The molecular weight excluding hydrogens is 152 g/mol. The Labute approximate surface area is 75.9 Å². The average Bonchev–Trinajstić information content (AvgIpc) is 2.10. The maximum absolute atomic E-state index is 8.46. The van der Waals surface area contributed by atoms with E-state index in [4.69, 9.17) is 9.84 Å². The molecule has 0 saturated carbocycles. The van der Waals surface area contributed by atoms with Crippen LogP contribution in [0.4, 0.5) is 0 Å². The van der Waals surface area contributed by atoms with Gasteiger partial charge in [-0.05, 0) is 12.8 Å². The lowest BCUT2D eigenvalue weighted by Crippen LogP contribution is -1.98. The first-order chi connectivity index (χ1) is 5.91. The highest BCUT2D eigenvalue weighted by molar-refractivity contribution is 4.41. The van der Waals surface area contributed by atoms with Crippen molar-refractivity contribution in [3.8, 4) is 0 Å². The molecular formula is C10H22O2. The summed E-state index contributed by atoms with van der Waals surface area (Å²) in [5, 5.41) is 8.46. The molecule has 0 saturated heterocycles. The molecule has 0 aliphatic heterocycles. The first-order valence-corrected chi connectivity index (χ1v) is 5.10. The smallest absolute Gasteiger partial charge is 0.0487 e. The van der Waals surface area contributed by atoms with Gasteiger partial charge in [-0.15, -0.1) is 0 Å². The molecule has 0 rings (SSSR count). The van der Waals surface area contributed by atoms with Gasteiger partial charge in [-0.1, -0.05) is 32.6 Å². The maximum atomic E-state index is 8.46. The Morgan fingerprint density at radius 3 is 2.25 bits per heavy atom. The third-order valence-corrected chi connectivity index (χ3v) is 1.84. The summed E-state index contributed by atoms with van der Waals surface area (Å²) >= 11 is 0. The molecule has 0 spiro atoms. The van der Waals surface area contributed by atoms with E-state index < -0.39 is 0 Å². The zero-order valence-electron chi connectivity index (χ0n) is 8.22. The Morgan fingerprint density at radius 1 is 0.917 bits per heavy atom. The molecule has 0 aromatic carbocycles. The summed E-state index contributed by atoms with van der Waals surface area (Å²) in [5.74, 6) is 0. The Balaban J connectivity index is 2.73. The Bertz CT molecular complexity index is 64.2. The molecule has 0 aliphatic carbocycles. The van der Waals surface area contributed by atoms with Crippen LogP contribution in [0.2, 0.25) is 0 Å². The molecule has 0 aliphatic rings. The van der Waals surface area contributed by atoms with E-state index in [2.05, 4.69) is 6.92 Å². The molecule has 0 heterocycles. The SMILES string of the molecule is CCCCCCCOCCCO. The minimum atomic E-state index is 0.246. The fourth-order valence-corrected chi connectivity index (χ4v) is 1.08. The van der Waals surface area contributed by atoms with E-state index in [1.54, 1.807) is 0 Å². The molecule has 1 N–H and O–H groups in total. The van der Waals surface area contributed by atoms with Crippen LogP contribution in [-0.2, 0) is 4.74 Å². The number of hydrogen-bond donors (Lipinski definition) is 1. The predicted octanol–water partition coefficient (Wildman–Crippen LogP) is 2.36. The highest BCUT2D eigenvalue weighted by Gasteiger charge is 1.89. The van der Waals surface area contributed by atoms with Crippen LogP contribution in [0.1, 0.15) is 45.4 Å². The summed E-state index contributed by atoms with van der Waals surface area (Å²) in [4.78, 5) is 0. The number of aliphatic hydroxyl groups excluding tert-OH is 1. The number of hydrogen-bond acceptors (Lipinski definition) is 2. The van der Waals surface area contributed by atoms with Crippen LogP contribution < -0.4 is 0 Å². The second kappa shape index (κ2) is 10.9. The summed E-state index contributed by atoms with van der Waals surface area (Å²) in [5.41, 5.74) is 0. The van der Waals surface area contributed by atoms with Gasteiger partial charge >= 0.3 is 0 Å². The second-order valence-corrected chi connectivity index (χ2v) is 3.10. The summed E-state index contributed by atoms with van der Waals surface area (Å²) < 4.78 is 5.29. The molecule has 0 amide bonds. The van der Waals surface area contributed by atoms with Crippen molar-refractivity contribution in [2.24, 2.45) is 0 Å². The molecule has 2 nitrogen and oxygen atoms in total. The zero-order chi connectivity index (χ0) is 9.07. The van der Waals surface area contributed by atoms with Gasteiger partial charge in [0.2, 0.25) is 0 Å². The fourth-order valence-electron chi connectivity index (χ4n) is 1.08. The van der Waals surface area contributed by atoms with Crippen molar-refractivity contribution in [2.45, 2.75) is 45.4 Å². The Morgan fingerprint density at radius 2 is 1.58 bits per heavy atom. The van der Waals surface area contributed by atoms with Crippen LogP contribution in [-0.4, -0.2) is 24.9 Å². The molecule has 0 aromatic rings. The van der Waals surface area contributed by atoms with Gasteiger partial charge in [0.05, 0.1) is 0 Å². The summed E-state index contributed by atoms with van der Waals surface area (Å²) in [6, 6.07) is 0. The van der Waals surface area contributed by atoms with Crippen molar-refractivity contribution in [1.82, 2.24) is 0 Å². The van der Waals surface area contributed by atoms with Gasteiger partial charge < -0.3 is 9.84 Å². The van der Waals surface area contributed by atoms with Crippen LogP contribution in [0.5, 0.6) is 0 Å². The molecule has 74 valence electrons. The topological polar surface area (TPSA) is 29.5 Å². The quantitative estimate of drug-likeness (QED) is 0.544. The minimum absolute atomic E-state index is 0.246. The Hall–Kier alpha value is -0.0800. The molecule has 12 heavy (non-hydrogen) atoms. The molecule has 0 bridgehead atoms. The lowest BCUT2D eigenvalue weighted by molar-refractivity contribution is 0.112. The first kappa shape index (κ1) is 11.9. The van der Waals surface area contributed by atoms with Crippen LogP contribution in [0, 0.1) is 0 Å². The van der Waals surface area contributed by atoms with Crippen molar-refractivity contribution in [2.75, 3.05) is 19.8 Å². The van der Waals surface area contributed by atoms with Gasteiger partial charge in [0.25, 0.3) is 0 Å². The van der Waals surface area contributed by atoms with Gasteiger partial charge in [-0.2, -0.15) is 0 Å². The van der Waals surface area contributed by atoms with Crippen LogP contribution >= 0.6 is 0 Å². The van der Waals surface area contributed by atoms with Gasteiger partial charge in [-0.3, -0.25) is 0 Å². The van der Waals surface area contributed by atoms with Crippen molar-refractivity contribution in [3.63, 3.8) is 0 Å². The predicted molar refractivity (Wildman–Crippen MR) is 51.3 cm³/mol. The maximum Gasteiger partial charge on any atom is 0.0487 e. The van der Waals surface area contributed by atoms with Crippen LogP contribution in [0.3, 0.4) is 0 Å². The van der Waals surface area contributed by atoms with Crippen LogP contribution in [0.25, 0.3) is 0 Å². The van der Waals surface area contributed by atoms with Crippen molar-refractivity contribution >= 4 is 0 Å². The summed E-state index contributed by atoms with van der Waals surface area (Å²) in [6.07, 6.45) is 7.20. The van der Waals surface area contributed by atoms with E-state index in [0.29, 0.717) is 6.61 Å². The molecule has 0 aromatic heterocycles. The molecule has 2 heteroatoms. The number of unbranched alkanes of at least 4 members (excludes halogenated alkanes) is 4. The third kappa shape index (κ3) is 9.92. The summed E-state index contributed by atoms with van der Waals surface area (Å²) in [7, 11) is 0. The normalized spacial score (nSPS) is 10.5. The largest absolute Gasteiger partial charge is 0.396 e. The first-order valence-electron chi connectivity index (χ1n) is 5.10. The average molecular weight is 174 g/mol. The van der Waals surface area contributed by atoms with Crippen molar-refractivity contribution < 1.29 is 9.84 Å². The molecule has 0 fully saturated rings. The number of rotatable bonds is 9.